The molecule has 1 aromatic rings. The van der Waals surface area contributed by atoms with Gasteiger partial charge >= 0.3 is 0 Å². The van der Waals surface area contributed by atoms with E-state index in [4.69, 9.17) is 5.26 Å². The minimum atomic E-state index is 0.537. The van der Waals surface area contributed by atoms with E-state index in [-0.39, 0.29) is 0 Å². The number of nitriles is 1. The Hall–Kier alpha value is -1.29. The van der Waals surface area contributed by atoms with Gasteiger partial charge in [-0.15, -0.1) is 0 Å². The molecule has 0 aromatic heterocycles. The Morgan fingerprint density at radius 2 is 2.00 bits per heavy atom. The SMILES string of the molecule is N#CC[CH]Cc1ccccc1. The molecule has 1 aromatic carbocycles. The fourth-order valence-electron chi connectivity index (χ4n) is 0.917. The van der Waals surface area contributed by atoms with Crippen LogP contribution in [0.3, 0.4) is 0 Å². The highest BCUT2D eigenvalue weighted by atomic mass is 14.2. The molecule has 0 amide bonds. The topological polar surface area (TPSA) is 23.8 Å². The molecule has 0 saturated carbocycles. The first-order valence-electron chi connectivity index (χ1n) is 3.66. The lowest BCUT2D eigenvalue weighted by Crippen LogP contribution is -1.83. The molecule has 0 spiro atoms. The Labute approximate surface area is 67.3 Å². The largest absolute Gasteiger partial charge is 0.198 e. The van der Waals surface area contributed by atoms with Crippen LogP contribution in [0.5, 0.6) is 0 Å². The summed E-state index contributed by atoms with van der Waals surface area (Å²) in [6.07, 6.45) is 3.42. The van der Waals surface area contributed by atoms with Crippen molar-refractivity contribution < 1.29 is 0 Å². The van der Waals surface area contributed by atoms with E-state index in [0.717, 1.165) is 6.42 Å². The van der Waals surface area contributed by atoms with Crippen molar-refractivity contribution in [1.29, 1.82) is 5.26 Å². The Morgan fingerprint density at radius 1 is 1.27 bits per heavy atom. The molecule has 0 aliphatic rings. The van der Waals surface area contributed by atoms with Gasteiger partial charge in [-0.3, -0.25) is 0 Å². The molecule has 1 radical (unpaired) electrons. The number of rotatable bonds is 3. The lowest BCUT2D eigenvalue weighted by atomic mass is 10.1. The van der Waals surface area contributed by atoms with Gasteiger partial charge in [-0.2, -0.15) is 5.26 Å². The molecule has 1 heteroatoms. The third-order valence-corrected chi connectivity index (χ3v) is 1.46. The molecule has 55 valence electrons. The van der Waals surface area contributed by atoms with E-state index in [9.17, 15) is 0 Å². The molecule has 0 aliphatic carbocycles. The number of nitrogens with zero attached hydrogens (tertiary/aromatic N) is 1. The molecule has 0 unspecified atom stereocenters. The predicted molar refractivity (Wildman–Crippen MR) is 44.7 cm³/mol. The minimum Gasteiger partial charge on any atom is -0.198 e. The van der Waals surface area contributed by atoms with Gasteiger partial charge < -0.3 is 0 Å². The summed E-state index contributed by atoms with van der Waals surface area (Å²) in [4.78, 5) is 0. The van der Waals surface area contributed by atoms with Crippen LogP contribution in [0.1, 0.15) is 12.0 Å². The fourth-order valence-corrected chi connectivity index (χ4v) is 0.917. The average molecular weight is 144 g/mol. The number of hydrogen-bond donors (Lipinski definition) is 0. The molecule has 0 saturated heterocycles. The lowest BCUT2D eigenvalue weighted by Gasteiger charge is -1.95. The van der Waals surface area contributed by atoms with E-state index >= 15 is 0 Å². The Balaban J connectivity index is 2.35. The molecule has 0 fully saturated rings. The smallest absolute Gasteiger partial charge is 0.0624 e. The summed E-state index contributed by atoms with van der Waals surface area (Å²) in [5.41, 5.74) is 1.27. The molecule has 1 nitrogen and oxygen atoms in total. The van der Waals surface area contributed by atoms with Gasteiger partial charge in [-0.05, 0) is 18.4 Å². The van der Waals surface area contributed by atoms with Gasteiger partial charge in [-0.1, -0.05) is 30.3 Å². The van der Waals surface area contributed by atoms with Crippen molar-refractivity contribution in [2.75, 3.05) is 0 Å². The second-order valence-electron chi connectivity index (χ2n) is 2.34. The predicted octanol–water partition coefficient (Wildman–Crippen LogP) is 2.35. The van der Waals surface area contributed by atoms with Crippen molar-refractivity contribution in [3.8, 4) is 6.07 Å². The Morgan fingerprint density at radius 3 is 2.64 bits per heavy atom. The monoisotopic (exact) mass is 144 g/mol. The highest BCUT2D eigenvalue weighted by molar-refractivity contribution is 5.16. The van der Waals surface area contributed by atoms with Gasteiger partial charge in [0.2, 0.25) is 0 Å². The van der Waals surface area contributed by atoms with Crippen LogP contribution < -0.4 is 0 Å². The summed E-state index contributed by atoms with van der Waals surface area (Å²) in [5.74, 6) is 0. The zero-order valence-electron chi connectivity index (χ0n) is 6.33. The lowest BCUT2D eigenvalue weighted by molar-refractivity contribution is 1.07. The van der Waals surface area contributed by atoms with Gasteiger partial charge in [-0.25, -0.2) is 0 Å². The van der Waals surface area contributed by atoms with Crippen LogP contribution in [0, 0.1) is 17.8 Å². The van der Waals surface area contributed by atoms with Crippen molar-refractivity contribution in [3.05, 3.63) is 42.3 Å². The summed E-state index contributed by atoms with van der Waals surface area (Å²) >= 11 is 0. The van der Waals surface area contributed by atoms with E-state index in [1.165, 1.54) is 5.56 Å². The van der Waals surface area contributed by atoms with Crippen LogP contribution in [0.4, 0.5) is 0 Å². The molecular formula is C10H10N. The molecule has 0 aliphatic heterocycles. The van der Waals surface area contributed by atoms with E-state index < -0.39 is 0 Å². The average Bonchev–Trinajstić information content (AvgIpc) is 2.07. The zero-order valence-corrected chi connectivity index (χ0v) is 6.33. The van der Waals surface area contributed by atoms with Crippen molar-refractivity contribution >= 4 is 0 Å². The summed E-state index contributed by atoms with van der Waals surface area (Å²) in [5, 5.41) is 8.26. The van der Waals surface area contributed by atoms with Crippen molar-refractivity contribution in [1.82, 2.24) is 0 Å². The first-order valence-corrected chi connectivity index (χ1v) is 3.66. The summed E-state index contributed by atoms with van der Waals surface area (Å²) < 4.78 is 0. The van der Waals surface area contributed by atoms with E-state index in [1.54, 1.807) is 0 Å². The molecular weight excluding hydrogens is 134 g/mol. The van der Waals surface area contributed by atoms with Gasteiger partial charge in [0.15, 0.2) is 0 Å². The second kappa shape index (κ2) is 4.51. The zero-order chi connectivity index (χ0) is 7.94. The van der Waals surface area contributed by atoms with E-state index in [1.807, 2.05) is 24.6 Å². The number of benzene rings is 1. The molecule has 0 heterocycles. The van der Waals surface area contributed by atoms with Crippen LogP contribution in [-0.4, -0.2) is 0 Å². The quantitative estimate of drug-likeness (QED) is 0.597. The van der Waals surface area contributed by atoms with Crippen LogP contribution >= 0.6 is 0 Å². The van der Waals surface area contributed by atoms with Gasteiger partial charge in [0.25, 0.3) is 0 Å². The van der Waals surface area contributed by atoms with Gasteiger partial charge in [0.05, 0.1) is 6.07 Å². The van der Waals surface area contributed by atoms with Gasteiger partial charge in [0.1, 0.15) is 0 Å². The highest BCUT2D eigenvalue weighted by Crippen LogP contribution is 2.02. The maximum absolute atomic E-state index is 8.26. The van der Waals surface area contributed by atoms with Crippen molar-refractivity contribution in [2.24, 2.45) is 0 Å². The molecule has 1 rings (SSSR count). The molecule has 0 N–H and O–H groups in total. The number of unbranched alkanes of at least 4 members (excludes halogenated alkanes) is 1. The molecule has 11 heavy (non-hydrogen) atoms. The third kappa shape index (κ3) is 2.86. The molecule has 0 atom stereocenters. The Bertz CT molecular complexity index is 233. The van der Waals surface area contributed by atoms with Crippen molar-refractivity contribution in [2.45, 2.75) is 12.8 Å². The minimum absolute atomic E-state index is 0.537. The van der Waals surface area contributed by atoms with Crippen LogP contribution in [0.2, 0.25) is 0 Å². The standard InChI is InChI=1S/C10H10N/c11-9-5-4-8-10-6-2-1-3-7-10/h1-4,6-7H,5,8H2. The Kier molecular flexibility index (Phi) is 3.21. The maximum Gasteiger partial charge on any atom is 0.0624 e. The summed E-state index contributed by atoms with van der Waals surface area (Å²) in [6, 6.07) is 12.2. The van der Waals surface area contributed by atoms with E-state index in [0.29, 0.717) is 6.42 Å². The van der Waals surface area contributed by atoms with E-state index in [2.05, 4.69) is 18.2 Å². The second-order valence-corrected chi connectivity index (χ2v) is 2.34. The summed E-state index contributed by atoms with van der Waals surface area (Å²) in [6.45, 7) is 0. The normalized spacial score (nSPS) is 9.00. The third-order valence-electron chi connectivity index (χ3n) is 1.46. The highest BCUT2D eigenvalue weighted by Gasteiger charge is 1.89. The van der Waals surface area contributed by atoms with Gasteiger partial charge in [0, 0.05) is 6.42 Å². The molecule has 0 bridgehead atoms. The number of hydrogen-bond acceptors (Lipinski definition) is 1. The first-order chi connectivity index (χ1) is 5.43. The summed E-state index contributed by atoms with van der Waals surface area (Å²) in [7, 11) is 0. The van der Waals surface area contributed by atoms with Crippen LogP contribution in [0.25, 0.3) is 0 Å². The maximum atomic E-state index is 8.26. The van der Waals surface area contributed by atoms with Crippen LogP contribution in [-0.2, 0) is 6.42 Å². The first kappa shape index (κ1) is 7.81. The van der Waals surface area contributed by atoms with Crippen LogP contribution in [0.15, 0.2) is 30.3 Å². The fraction of sp³-hybridized carbons (Fsp3) is 0.200. The van der Waals surface area contributed by atoms with Crippen molar-refractivity contribution in [3.63, 3.8) is 0 Å².